The van der Waals surface area contributed by atoms with Crippen LogP contribution in [0.3, 0.4) is 0 Å². The van der Waals surface area contributed by atoms with E-state index in [9.17, 15) is 69.6 Å². The number of amides is 3. The molecule has 0 bridgehead atoms. The molecule has 0 fully saturated rings. The van der Waals surface area contributed by atoms with Crippen LogP contribution in [0.4, 0.5) is 69.7 Å². The molecule has 57 heteroatoms. The van der Waals surface area contributed by atoms with Crippen molar-refractivity contribution in [2.75, 3.05) is 34.6 Å². The minimum Gasteiger partial charge on any atom is -0.635 e. The number of para-hydroxylation sites is 1. The molecule has 0 aliphatic heterocycles. The molecule has 0 radical (unpaired) electrons. The molecule has 12 rings (SSSR count). The minimum absolute atomic E-state index is 0. The van der Waals surface area contributed by atoms with E-state index in [4.69, 9.17) is 224 Å². The molecule has 0 saturated carbocycles. The van der Waals surface area contributed by atoms with E-state index in [0.29, 0.717) is 6.07 Å². The number of imide groups is 1. The Morgan fingerprint density at radius 1 is 0.500 bits per heavy atom. The van der Waals surface area contributed by atoms with Crippen LogP contribution in [0.5, 0.6) is 63.8 Å². The largest absolute Gasteiger partial charge is 1.00 e. The number of nitro benzene ring substituents is 1. The smallest absolute Gasteiger partial charge is 0.635 e. The van der Waals surface area contributed by atoms with Crippen LogP contribution in [-0.4, -0.2) is 101 Å². The summed E-state index contributed by atoms with van der Waals surface area (Å²) >= 11 is 56.7. The number of halogens is 17. The molecule has 0 unspecified atom stereocenters. The standard InChI is InChI=1S/C19H18ClFN6O5.C15H15ClFN3O3.C13H12Cl2FN3O.C13H13ClFN3O2.C7H8Cl2N2.C6H3ClFNO3.C6H5ClFNO.C6H4ClFO.K.HNO3/c1-4-31-19(30)23-18(29)14(8-22)25-24-10-5-12(20)16(13(21)6-10)32-15-7-11(9(2)3)17(28)27-26-15;1-7(2)10-6-13(19-20-15(10)22)23-14-11(16)4-9(5-12(14)17)18-8(3)21;1-6(2)8-5-11(18-19-13(8)15)20-12-9(14)3-7(17)4-10(12)16;1-6(2)8-5-11(17-18-13(8)19)20-12-9(14)3-7(16)4-10(12)15;1-4(2)5-3-6(8)10-11-7(5)9;7-4-1-3(9(11)12)2-5(8)6(4)10;7-4-1-3(9)2-5(8)6(4)10;7-4-2-1-3-5(8)6(4)9;;2-1-4-3/h5-7,9,24H,4H2,1-3H3,(H,27,28)(H,23,29,30);4-7H,1-3H3,(H,18,21)(H,20,22);3-6H,17H2,1-2H3;3-6H,16H2,1-2H3,(H,18,19);3-4H,1-2H3;1-2,10H;1-2,10H,9H2;1-3,9H;;3H/q;;;;;;;;+1;/p-1/b25-14-;;;;;;;;;/i2D3,3D3;4*1D3,2D3;;;;;. The van der Waals surface area contributed by atoms with Gasteiger partial charge < -0.3 is 71.8 Å². The third-order valence-corrected chi connectivity index (χ3v) is 17.8. The van der Waals surface area contributed by atoms with Gasteiger partial charge in [0.05, 0.1) is 58.4 Å². The minimum atomic E-state index is -3.09. The Kier molecular flexibility index (Phi) is 34.7. The predicted molar refractivity (Wildman–Crippen MR) is 512 cm³/mol. The number of phenols is 3. The molecular formula is C85H78Cl10F7KN20O19. The van der Waals surface area contributed by atoms with E-state index in [-0.39, 0.29) is 144 Å². The maximum atomic E-state index is 14.8. The molecule has 0 atom stereocenters. The number of carbonyl (C=O) groups excluding carboxylic acids is 3. The van der Waals surface area contributed by atoms with Crippen molar-refractivity contribution in [3.63, 3.8) is 0 Å². The Balaban J connectivity index is 0.000000518. The summed E-state index contributed by atoms with van der Waals surface area (Å²) in [7, 11) is 0. The Morgan fingerprint density at radius 3 is 1.23 bits per heavy atom. The topological polar surface area (TPSA) is 602 Å². The molecule has 3 amide bonds. The number of hydrogen-bond donors (Lipinski definition) is 12. The number of phenolic OH excluding ortho intramolecular Hbond substituents is 3. The second kappa shape index (κ2) is 60.1. The zero-order chi connectivity index (χ0) is 131. The number of hydrogen-bond acceptors (Lipinski definition) is 33. The first-order valence-corrected chi connectivity index (χ1v) is 40.2. The van der Waals surface area contributed by atoms with Gasteiger partial charge in [-0.3, -0.25) is 44.8 Å². The van der Waals surface area contributed by atoms with Gasteiger partial charge in [-0.05, 0) is 96.2 Å². The van der Waals surface area contributed by atoms with Gasteiger partial charge in [0, 0.05) is 148 Å². The van der Waals surface area contributed by atoms with E-state index in [1.807, 2.05) is 15.3 Å². The van der Waals surface area contributed by atoms with E-state index in [1.165, 1.54) is 61.7 Å². The van der Waals surface area contributed by atoms with Crippen molar-refractivity contribution in [2.45, 2.75) is 112 Å². The summed E-state index contributed by atoms with van der Waals surface area (Å²) in [5.41, 5.74) is 11.6. The zero-order valence-corrected chi connectivity index (χ0v) is 81.3. The van der Waals surface area contributed by atoms with E-state index < -0.39 is 274 Å². The SMILES string of the molecule is Nc1cc(F)c(O)c(Cl)c1.O=NO[O-].O=[N+]([O-])c1cc(F)c(O)c(Cl)c1.Oc1c(F)cccc1Cl.[2H]C([2H])([2H])C(c1cc(Cl)nnc1Cl)C([2H])([2H])[2H].[2H]C([2H])([2H])C(c1cc(Oc2c(F)cc(N)cc2Cl)n[nH]c1=O)C([2H])([2H])[2H].[2H]C([2H])([2H])C(c1cc(Oc2c(F)cc(N)cc2Cl)nnc1Cl)C([2H])([2H])[2H].[2H]C([2H])([2H])C(c1cc(Oc2c(F)cc(N/N=C(/C#N)C(=O)NC(=O)OCC)cc2Cl)n[nH]c1=O)C([2H])([2H])[2H].[2H]C([2H])([2H])C(c1cc(Oc2c(F)cc(NC(C)=O)cc2Cl)n[nH]c1=O)C([2H])([2H])[2H].[K+]. The molecule has 0 spiro atoms. The molecule has 0 saturated heterocycles. The van der Waals surface area contributed by atoms with Crippen LogP contribution < -0.4 is 126 Å². The predicted octanol–water partition coefficient (Wildman–Crippen LogP) is 18.9. The third kappa shape index (κ3) is 40.1. The first-order valence-electron chi connectivity index (χ1n) is 51.4. The number of aromatic hydroxyl groups is 3. The first kappa shape index (κ1) is 82.0. The molecule has 5 heterocycles. The Labute approximate surface area is 934 Å². The molecule has 752 valence electrons. The van der Waals surface area contributed by atoms with Crippen molar-refractivity contribution in [3.8, 4) is 69.8 Å². The maximum Gasteiger partial charge on any atom is 1.00 e. The molecule has 39 nitrogen and oxygen atoms in total. The number of nitro groups is 1. The average molecular weight is 2240 g/mol. The maximum absolute atomic E-state index is 14.8. The number of nitrogens with one attached hydrogen (secondary N) is 6. The number of aromatic amines is 3. The number of benzene rings is 7. The van der Waals surface area contributed by atoms with Gasteiger partial charge in [-0.2, -0.15) is 10.4 Å². The van der Waals surface area contributed by atoms with Gasteiger partial charge in [0.15, 0.2) is 96.4 Å². The summed E-state index contributed by atoms with van der Waals surface area (Å²) in [5, 5.41) is 90.7. The summed E-state index contributed by atoms with van der Waals surface area (Å²) in [6, 6.07) is 21.9. The van der Waals surface area contributed by atoms with Crippen molar-refractivity contribution in [3.05, 3.63) is 287 Å². The quantitative estimate of drug-likeness (QED) is 0.00388. The Hall–Kier alpha value is -12.5. The van der Waals surface area contributed by atoms with E-state index in [2.05, 4.69) is 61.3 Å². The van der Waals surface area contributed by atoms with Gasteiger partial charge in [-0.15, -0.1) is 40.6 Å². The first-order chi connectivity index (χ1) is 78.2. The molecule has 12 aromatic rings. The van der Waals surface area contributed by atoms with Crippen LogP contribution >= 0.6 is 116 Å². The number of nitrogen functional groups attached to an aromatic ring is 3. The van der Waals surface area contributed by atoms with Crippen molar-refractivity contribution < 1.29 is 192 Å². The number of nitrogens with two attached hydrogens (primary N) is 3. The normalized spacial score (nSPS) is 14.4. The number of anilines is 5. The van der Waals surface area contributed by atoms with Gasteiger partial charge in [-0.1, -0.05) is 191 Å². The monoisotopic (exact) mass is 2230 g/mol. The molecule has 0 aliphatic rings. The van der Waals surface area contributed by atoms with Crippen molar-refractivity contribution in [1.29, 1.82) is 5.26 Å². The van der Waals surface area contributed by atoms with Gasteiger partial charge >= 0.3 is 57.5 Å². The molecule has 7 aromatic carbocycles. The zero-order valence-electron chi connectivity index (χ0n) is 101. The second-order valence-electron chi connectivity index (χ2n) is 25.2. The van der Waals surface area contributed by atoms with Crippen molar-refractivity contribution in [1.82, 2.24) is 56.3 Å². The van der Waals surface area contributed by atoms with Crippen LogP contribution in [0.2, 0.25) is 50.6 Å². The molecule has 15 N–H and O–H groups in total. The number of H-pyrrole nitrogens is 3. The van der Waals surface area contributed by atoms with Crippen LogP contribution in [-0.2, 0) is 19.3 Å². The fourth-order valence-corrected chi connectivity index (χ4v) is 11.1. The fourth-order valence-electron chi connectivity index (χ4n) is 8.92. The number of nitriles is 1. The van der Waals surface area contributed by atoms with Crippen molar-refractivity contribution >= 4 is 174 Å². The Morgan fingerprint density at radius 2 is 0.859 bits per heavy atom. The fraction of sp³-hybridized carbons (Fsp3) is 0.212. The Bertz CT molecular complexity index is 7750. The summed E-state index contributed by atoms with van der Waals surface area (Å²) < 4.78 is 343. The summed E-state index contributed by atoms with van der Waals surface area (Å²) in [4.78, 5) is 90.4. The van der Waals surface area contributed by atoms with Gasteiger partial charge in [-0.25, -0.2) is 50.8 Å². The number of carbonyl (C=O) groups is 3. The third-order valence-electron chi connectivity index (χ3n) is 15.0. The number of non-ortho nitro benzene ring substituents is 1. The number of nitrogens with zero attached hydrogens (tertiary/aromatic N) is 11. The molecule has 5 aromatic heterocycles. The summed E-state index contributed by atoms with van der Waals surface area (Å²) in [5.74, 6) is -24.0. The number of aromatic nitrogens is 10. The molecular weight excluding hydrogens is 2130 g/mol. The van der Waals surface area contributed by atoms with Crippen LogP contribution in [0.15, 0.2) is 146 Å². The molecule has 142 heavy (non-hydrogen) atoms. The average Bonchev–Trinajstić information content (AvgIpc) is 0.785. The van der Waals surface area contributed by atoms with Crippen LogP contribution in [0.1, 0.15) is 181 Å². The van der Waals surface area contributed by atoms with E-state index in [1.54, 1.807) is 5.32 Å². The number of rotatable bonds is 20. The molecule has 0 aliphatic carbocycles. The second-order valence-corrected chi connectivity index (χ2v) is 29.1. The van der Waals surface area contributed by atoms with E-state index >= 15 is 0 Å². The summed E-state index contributed by atoms with van der Waals surface area (Å²) in [6.07, 6.45) is -1.11. The van der Waals surface area contributed by atoms with Gasteiger partial charge in [0.25, 0.3) is 28.3 Å². The van der Waals surface area contributed by atoms with Crippen LogP contribution in [0.25, 0.3) is 0 Å². The van der Waals surface area contributed by atoms with E-state index in [0.717, 1.165) is 78.9 Å². The number of ether oxygens (including phenoxy) is 5. The summed E-state index contributed by atoms with van der Waals surface area (Å²) in [6.45, 7) is -26.8. The number of hydrazone groups is 1. The van der Waals surface area contributed by atoms with Gasteiger partial charge in [0.2, 0.25) is 35.1 Å². The number of alkyl carbamates (subject to hydrolysis) is 1. The van der Waals surface area contributed by atoms with Crippen LogP contribution in [0, 0.1) is 67.1 Å². The van der Waals surface area contributed by atoms with Crippen molar-refractivity contribution in [2.24, 2.45) is 10.4 Å². The van der Waals surface area contributed by atoms with Gasteiger partial charge in [0.1, 0.15) is 11.4 Å².